The van der Waals surface area contributed by atoms with Crippen molar-refractivity contribution in [2.24, 2.45) is 0 Å². The Morgan fingerprint density at radius 3 is 2.59 bits per heavy atom. The lowest BCUT2D eigenvalue weighted by Gasteiger charge is -2.16. The highest BCUT2D eigenvalue weighted by molar-refractivity contribution is 5.81. The maximum atomic E-state index is 12.6. The summed E-state index contributed by atoms with van der Waals surface area (Å²) in [6, 6.07) is 15.9. The second kappa shape index (κ2) is 7.24. The summed E-state index contributed by atoms with van der Waals surface area (Å²) in [5.74, 6) is -0.425. The van der Waals surface area contributed by atoms with Crippen LogP contribution in [-0.4, -0.2) is 21.0 Å². The van der Waals surface area contributed by atoms with Crippen LogP contribution in [0.3, 0.4) is 0 Å². The highest BCUT2D eigenvalue weighted by atomic mass is 19.4. The van der Waals surface area contributed by atoms with E-state index in [4.69, 9.17) is 0 Å². The Bertz CT molecular complexity index is 1170. The average molecular weight is 397 g/mol. The maximum Gasteiger partial charge on any atom is 0.573 e. The lowest BCUT2D eigenvalue weighted by atomic mass is 9.92. The number of ether oxygens (including phenoxy) is 1. The first-order chi connectivity index (χ1) is 13.8. The summed E-state index contributed by atoms with van der Waals surface area (Å²) in [5, 5.41) is 4.29. The Kier molecular flexibility index (Phi) is 4.74. The van der Waals surface area contributed by atoms with Crippen LogP contribution in [-0.2, 0) is 0 Å². The fourth-order valence-corrected chi connectivity index (χ4v) is 3.52. The maximum absolute atomic E-state index is 12.6. The minimum atomic E-state index is -4.73. The predicted octanol–water partition coefficient (Wildman–Crippen LogP) is 5.76. The Hall–Kier alpha value is -3.35. The minimum absolute atomic E-state index is 0.189. The van der Waals surface area contributed by atoms with Crippen molar-refractivity contribution in [3.8, 4) is 17.0 Å². The first-order valence-electron chi connectivity index (χ1n) is 9.07. The van der Waals surface area contributed by atoms with Crippen LogP contribution in [0.1, 0.15) is 29.5 Å². The second-order valence-corrected chi connectivity index (χ2v) is 6.83. The molecule has 0 spiro atoms. The number of benzene rings is 2. The molecule has 0 bridgehead atoms. The molecule has 0 aliphatic rings. The topological polar surface area (TPSA) is 39.4 Å². The number of alkyl halides is 3. The summed E-state index contributed by atoms with van der Waals surface area (Å²) >= 11 is 0. The molecule has 0 N–H and O–H groups in total. The van der Waals surface area contributed by atoms with Gasteiger partial charge in [-0.2, -0.15) is 5.10 Å². The number of aryl methyl sites for hydroxylation is 1. The van der Waals surface area contributed by atoms with Crippen LogP contribution < -0.4 is 4.74 Å². The van der Waals surface area contributed by atoms with Gasteiger partial charge in [0.15, 0.2) is 0 Å². The zero-order valence-corrected chi connectivity index (χ0v) is 15.8. The molecule has 2 heterocycles. The molecule has 1 unspecified atom stereocenters. The van der Waals surface area contributed by atoms with Crippen molar-refractivity contribution >= 4 is 5.52 Å². The van der Waals surface area contributed by atoms with Crippen molar-refractivity contribution in [2.75, 3.05) is 0 Å². The molecule has 0 saturated carbocycles. The summed E-state index contributed by atoms with van der Waals surface area (Å²) in [5.41, 5.74) is 5.31. The smallest absolute Gasteiger partial charge is 0.406 e. The zero-order chi connectivity index (χ0) is 20.6. The van der Waals surface area contributed by atoms with Crippen LogP contribution in [0.15, 0.2) is 67.1 Å². The van der Waals surface area contributed by atoms with E-state index >= 15 is 0 Å². The standard InChI is InChI=1S/C22H18F3N3O/c1-14-6-3-4-9-18(14)20-21-19(10-11-28(21)27-13-26-20)15(2)16-7-5-8-17(12-16)29-22(23,24)25/h3-13,15H,1-2H3. The summed E-state index contributed by atoms with van der Waals surface area (Å²) in [4.78, 5) is 4.51. The van der Waals surface area contributed by atoms with Gasteiger partial charge in [0.05, 0.1) is 11.2 Å². The molecule has 0 radical (unpaired) electrons. The fourth-order valence-electron chi connectivity index (χ4n) is 3.52. The normalized spacial score (nSPS) is 12.9. The van der Waals surface area contributed by atoms with Crippen LogP contribution in [0.2, 0.25) is 0 Å². The molecule has 7 heteroatoms. The molecule has 29 heavy (non-hydrogen) atoms. The van der Waals surface area contributed by atoms with E-state index in [1.807, 2.05) is 50.4 Å². The number of nitrogens with zero attached hydrogens (tertiary/aromatic N) is 3. The van der Waals surface area contributed by atoms with Crippen molar-refractivity contribution in [1.29, 1.82) is 0 Å². The largest absolute Gasteiger partial charge is 0.573 e. The average Bonchev–Trinajstić information content (AvgIpc) is 3.11. The number of fused-ring (bicyclic) bond motifs is 1. The molecule has 0 aliphatic carbocycles. The van der Waals surface area contributed by atoms with E-state index in [0.717, 1.165) is 27.9 Å². The van der Waals surface area contributed by atoms with Crippen LogP contribution in [0.5, 0.6) is 5.75 Å². The van der Waals surface area contributed by atoms with Crippen LogP contribution >= 0.6 is 0 Å². The highest BCUT2D eigenvalue weighted by Crippen LogP contribution is 2.35. The number of aromatic nitrogens is 3. The number of rotatable bonds is 4. The SMILES string of the molecule is Cc1ccccc1-c1ncnn2ccc(C(C)c3cccc(OC(F)(F)F)c3)c12. The first kappa shape index (κ1) is 19.0. The second-order valence-electron chi connectivity index (χ2n) is 6.83. The first-order valence-corrected chi connectivity index (χ1v) is 9.07. The molecule has 4 aromatic rings. The quantitative estimate of drug-likeness (QED) is 0.440. The van der Waals surface area contributed by atoms with Gasteiger partial charge in [-0.25, -0.2) is 9.50 Å². The van der Waals surface area contributed by atoms with Crippen molar-refractivity contribution in [1.82, 2.24) is 14.6 Å². The van der Waals surface area contributed by atoms with Crippen molar-refractivity contribution in [2.45, 2.75) is 26.1 Å². The van der Waals surface area contributed by atoms with Crippen LogP contribution in [0, 0.1) is 6.92 Å². The van der Waals surface area contributed by atoms with Gasteiger partial charge in [-0.1, -0.05) is 43.3 Å². The van der Waals surface area contributed by atoms with E-state index in [-0.39, 0.29) is 11.7 Å². The van der Waals surface area contributed by atoms with E-state index in [1.165, 1.54) is 18.5 Å². The van der Waals surface area contributed by atoms with E-state index in [9.17, 15) is 13.2 Å². The Balaban J connectivity index is 1.81. The van der Waals surface area contributed by atoms with Crippen molar-refractivity contribution < 1.29 is 17.9 Å². The molecule has 0 fully saturated rings. The van der Waals surface area contributed by atoms with Gasteiger partial charge in [-0.3, -0.25) is 0 Å². The summed E-state index contributed by atoms with van der Waals surface area (Å²) in [6.45, 7) is 3.95. The summed E-state index contributed by atoms with van der Waals surface area (Å²) < 4.78 is 43.6. The third-order valence-corrected chi connectivity index (χ3v) is 4.94. The molecule has 0 amide bonds. The van der Waals surface area contributed by atoms with Gasteiger partial charge in [0, 0.05) is 17.7 Å². The molecule has 4 nitrogen and oxygen atoms in total. The lowest BCUT2D eigenvalue weighted by molar-refractivity contribution is -0.274. The predicted molar refractivity (Wildman–Crippen MR) is 104 cm³/mol. The molecule has 2 aromatic heterocycles. The number of halogens is 3. The Morgan fingerprint density at radius 2 is 1.83 bits per heavy atom. The number of hydrogen-bond acceptors (Lipinski definition) is 3. The lowest BCUT2D eigenvalue weighted by Crippen LogP contribution is -2.17. The van der Waals surface area contributed by atoms with Gasteiger partial charge < -0.3 is 4.74 Å². The van der Waals surface area contributed by atoms with Crippen LogP contribution in [0.4, 0.5) is 13.2 Å². The summed E-state index contributed by atoms with van der Waals surface area (Å²) in [7, 11) is 0. The fraction of sp³-hybridized carbons (Fsp3) is 0.182. The van der Waals surface area contributed by atoms with Gasteiger partial charge in [0.25, 0.3) is 0 Å². The molecule has 4 rings (SSSR count). The number of hydrogen-bond donors (Lipinski definition) is 0. The van der Waals surface area contributed by atoms with Gasteiger partial charge >= 0.3 is 6.36 Å². The molecule has 1 atom stereocenters. The Morgan fingerprint density at radius 1 is 1.03 bits per heavy atom. The van der Waals surface area contributed by atoms with E-state index in [2.05, 4.69) is 14.8 Å². The highest BCUT2D eigenvalue weighted by Gasteiger charge is 2.31. The van der Waals surface area contributed by atoms with Gasteiger partial charge in [0.2, 0.25) is 0 Å². The third kappa shape index (κ3) is 3.81. The van der Waals surface area contributed by atoms with Crippen LogP contribution in [0.25, 0.3) is 16.8 Å². The molecule has 0 saturated heterocycles. The Labute approximate surface area is 165 Å². The molecule has 0 aliphatic heterocycles. The minimum Gasteiger partial charge on any atom is -0.406 e. The van der Waals surface area contributed by atoms with E-state index in [1.54, 1.807) is 16.6 Å². The van der Waals surface area contributed by atoms with E-state index < -0.39 is 6.36 Å². The van der Waals surface area contributed by atoms with Crippen molar-refractivity contribution in [3.63, 3.8) is 0 Å². The monoisotopic (exact) mass is 397 g/mol. The van der Waals surface area contributed by atoms with Crippen molar-refractivity contribution in [3.05, 3.63) is 83.8 Å². The summed E-state index contributed by atoms with van der Waals surface area (Å²) in [6.07, 6.45) is -1.39. The molecule has 148 valence electrons. The third-order valence-electron chi connectivity index (χ3n) is 4.94. The molecular weight excluding hydrogens is 379 g/mol. The van der Waals surface area contributed by atoms with Gasteiger partial charge in [0.1, 0.15) is 12.1 Å². The van der Waals surface area contributed by atoms with Gasteiger partial charge in [-0.05, 0) is 41.8 Å². The van der Waals surface area contributed by atoms with Gasteiger partial charge in [-0.15, -0.1) is 13.2 Å². The zero-order valence-electron chi connectivity index (χ0n) is 15.8. The molecule has 2 aromatic carbocycles. The molecular formula is C22H18F3N3O. The van der Waals surface area contributed by atoms with E-state index in [0.29, 0.717) is 5.56 Å².